The maximum absolute atomic E-state index is 12.9. The molecule has 2 aliphatic heterocycles. The summed E-state index contributed by atoms with van der Waals surface area (Å²) in [7, 11) is -3.74. The monoisotopic (exact) mass is 500 g/mol. The number of amides is 1. The number of morpholine rings is 1. The summed E-state index contributed by atoms with van der Waals surface area (Å²) in [5.41, 5.74) is 2.04. The molecular weight excluding hydrogens is 468 g/mol. The zero-order chi connectivity index (χ0) is 24.8. The molecule has 2 aromatic rings. The Morgan fingerprint density at radius 1 is 1.00 bits per heavy atom. The number of hydrogen-bond donors (Lipinski definition) is 0. The van der Waals surface area contributed by atoms with Crippen LogP contribution in [0.2, 0.25) is 0 Å². The lowest BCUT2D eigenvalue weighted by atomic mass is 9.90. The third-order valence-electron chi connectivity index (χ3n) is 6.70. The van der Waals surface area contributed by atoms with Crippen molar-refractivity contribution in [2.45, 2.75) is 31.1 Å². The van der Waals surface area contributed by atoms with Gasteiger partial charge in [-0.1, -0.05) is 36.4 Å². The molecule has 1 amide bonds. The highest BCUT2D eigenvalue weighted by atomic mass is 32.2. The molecule has 2 aromatic carbocycles. The van der Waals surface area contributed by atoms with Gasteiger partial charge in [0.05, 0.1) is 23.7 Å². The minimum atomic E-state index is -3.74. The van der Waals surface area contributed by atoms with E-state index in [0.29, 0.717) is 37.8 Å². The summed E-state index contributed by atoms with van der Waals surface area (Å²) in [5, 5.41) is 0. The minimum Gasteiger partial charge on any atom is -0.452 e. The van der Waals surface area contributed by atoms with E-state index < -0.39 is 16.0 Å². The number of likely N-dealkylation sites (tertiary alicyclic amines) is 1. The van der Waals surface area contributed by atoms with Crippen molar-refractivity contribution in [1.29, 1.82) is 0 Å². The van der Waals surface area contributed by atoms with Gasteiger partial charge in [-0.3, -0.25) is 4.79 Å². The van der Waals surface area contributed by atoms with E-state index in [1.807, 2.05) is 18.2 Å². The molecule has 2 saturated heterocycles. The molecule has 0 radical (unpaired) electrons. The first-order valence-corrected chi connectivity index (χ1v) is 13.5. The third kappa shape index (κ3) is 6.28. The molecular formula is C26H32N2O6S. The summed E-state index contributed by atoms with van der Waals surface area (Å²) >= 11 is 0. The highest BCUT2D eigenvalue weighted by Crippen LogP contribution is 2.23. The van der Waals surface area contributed by atoms with Crippen molar-refractivity contribution in [2.75, 3.05) is 46.0 Å². The van der Waals surface area contributed by atoms with E-state index in [0.717, 1.165) is 19.3 Å². The molecule has 35 heavy (non-hydrogen) atoms. The van der Waals surface area contributed by atoms with Crippen LogP contribution < -0.4 is 0 Å². The number of benzene rings is 2. The summed E-state index contributed by atoms with van der Waals surface area (Å²) in [4.78, 5) is 27.2. The number of hydrogen-bond acceptors (Lipinski definition) is 6. The van der Waals surface area contributed by atoms with Gasteiger partial charge in [-0.15, -0.1) is 0 Å². The van der Waals surface area contributed by atoms with Crippen molar-refractivity contribution in [3.8, 4) is 0 Å². The molecule has 2 aliphatic rings. The van der Waals surface area contributed by atoms with Crippen molar-refractivity contribution in [3.05, 3.63) is 65.2 Å². The van der Waals surface area contributed by atoms with Gasteiger partial charge in [-0.2, -0.15) is 4.31 Å². The average molecular weight is 501 g/mol. The maximum Gasteiger partial charge on any atom is 0.338 e. The van der Waals surface area contributed by atoms with Gasteiger partial charge in [0.1, 0.15) is 0 Å². The number of esters is 1. The highest BCUT2D eigenvalue weighted by Gasteiger charge is 2.28. The lowest BCUT2D eigenvalue weighted by molar-refractivity contribution is -0.135. The summed E-state index contributed by atoms with van der Waals surface area (Å²) in [5.74, 6) is -0.400. The normalized spacial score (nSPS) is 17.8. The molecule has 0 bridgehead atoms. The topological polar surface area (TPSA) is 93.2 Å². The van der Waals surface area contributed by atoms with Crippen LogP contribution in [-0.2, 0) is 30.7 Å². The highest BCUT2D eigenvalue weighted by molar-refractivity contribution is 7.89. The number of nitrogens with zero attached hydrogens (tertiary/aromatic N) is 2. The second-order valence-corrected chi connectivity index (χ2v) is 11.0. The van der Waals surface area contributed by atoms with Gasteiger partial charge in [0.15, 0.2) is 6.61 Å². The van der Waals surface area contributed by atoms with Crippen LogP contribution in [0.25, 0.3) is 0 Å². The van der Waals surface area contributed by atoms with Gasteiger partial charge in [0.2, 0.25) is 10.0 Å². The average Bonchev–Trinajstić information content (AvgIpc) is 2.89. The van der Waals surface area contributed by atoms with Gasteiger partial charge < -0.3 is 14.4 Å². The Balaban J connectivity index is 1.31. The number of sulfonamides is 1. The van der Waals surface area contributed by atoms with E-state index in [9.17, 15) is 18.0 Å². The quantitative estimate of drug-likeness (QED) is 0.543. The smallest absolute Gasteiger partial charge is 0.338 e. The first kappa shape index (κ1) is 25.3. The van der Waals surface area contributed by atoms with Gasteiger partial charge in [-0.05, 0) is 55.4 Å². The predicted molar refractivity (Wildman–Crippen MR) is 130 cm³/mol. The molecule has 2 heterocycles. The molecule has 0 saturated carbocycles. The molecule has 0 unspecified atom stereocenters. The Bertz CT molecular complexity index is 1140. The first-order valence-electron chi connectivity index (χ1n) is 12.0. The zero-order valence-electron chi connectivity index (χ0n) is 20.0. The van der Waals surface area contributed by atoms with E-state index in [-0.39, 0.29) is 36.1 Å². The second-order valence-electron chi connectivity index (χ2n) is 9.08. The van der Waals surface area contributed by atoms with E-state index in [4.69, 9.17) is 9.47 Å². The van der Waals surface area contributed by atoms with Crippen molar-refractivity contribution in [1.82, 2.24) is 9.21 Å². The van der Waals surface area contributed by atoms with Crippen LogP contribution in [-0.4, -0.2) is 75.5 Å². The lowest BCUT2D eigenvalue weighted by Gasteiger charge is -2.32. The van der Waals surface area contributed by atoms with Gasteiger partial charge in [0, 0.05) is 26.2 Å². The largest absolute Gasteiger partial charge is 0.452 e. The van der Waals surface area contributed by atoms with E-state index in [1.165, 1.54) is 22.0 Å². The summed E-state index contributed by atoms with van der Waals surface area (Å²) in [6.45, 7) is 3.85. The molecule has 0 aromatic heterocycles. The van der Waals surface area contributed by atoms with Crippen LogP contribution in [0.3, 0.4) is 0 Å². The number of carbonyl (C=O) groups is 2. The van der Waals surface area contributed by atoms with Crippen LogP contribution in [0.4, 0.5) is 0 Å². The van der Waals surface area contributed by atoms with Crippen LogP contribution in [0.5, 0.6) is 0 Å². The van der Waals surface area contributed by atoms with Gasteiger partial charge in [0.25, 0.3) is 5.91 Å². The number of piperidine rings is 1. The Kier molecular flexibility index (Phi) is 8.20. The SMILES string of the molecule is Cc1ccc(S(=O)(=O)N2CCOCC2)cc1C(=O)OCC(=O)N1CCC(Cc2ccccc2)CC1. The van der Waals surface area contributed by atoms with Crippen molar-refractivity contribution in [3.63, 3.8) is 0 Å². The van der Waals surface area contributed by atoms with Gasteiger partial charge in [-0.25, -0.2) is 13.2 Å². The number of rotatable bonds is 7. The summed E-state index contributed by atoms with van der Waals surface area (Å²) < 4.78 is 37.8. The fourth-order valence-corrected chi connectivity index (χ4v) is 5.98. The molecule has 0 atom stereocenters. The standard InChI is InChI=1S/C26H32N2O6S/c1-20-7-8-23(35(31,32)28-13-15-33-16-14-28)18-24(20)26(30)34-19-25(29)27-11-9-22(10-12-27)17-21-5-3-2-4-6-21/h2-8,18,22H,9-17,19H2,1H3. The summed E-state index contributed by atoms with van der Waals surface area (Å²) in [6.07, 6.45) is 2.82. The van der Waals surface area contributed by atoms with Crippen molar-refractivity contribution in [2.24, 2.45) is 5.92 Å². The van der Waals surface area contributed by atoms with E-state index in [2.05, 4.69) is 12.1 Å². The van der Waals surface area contributed by atoms with Crippen LogP contribution in [0.1, 0.15) is 34.3 Å². The minimum absolute atomic E-state index is 0.0313. The van der Waals surface area contributed by atoms with E-state index >= 15 is 0 Å². The predicted octanol–water partition coefficient (Wildman–Crippen LogP) is 2.65. The molecule has 4 rings (SSSR count). The Morgan fingerprint density at radius 2 is 1.69 bits per heavy atom. The fraction of sp³-hybridized carbons (Fsp3) is 0.462. The summed E-state index contributed by atoms with van der Waals surface area (Å²) in [6, 6.07) is 14.7. The molecule has 188 valence electrons. The Labute approximate surface area is 206 Å². The maximum atomic E-state index is 12.9. The molecule has 0 spiro atoms. The molecule has 9 heteroatoms. The number of ether oxygens (including phenoxy) is 2. The molecule has 0 N–H and O–H groups in total. The molecule has 2 fully saturated rings. The Hall–Kier alpha value is -2.75. The Morgan fingerprint density at radius 3 is 2.37 bits per heavy atom. The number of aryl methyl sites for hydroxylation is 1. The van der Waals surface area contributed by atoms with Crippen molar-refractivity contribution < 1.29 is 27.5 Å². The first-order chi connectivity index (χ1) is 16.8. The van der Waals surface area contributed by atoms with Crippen LogP contribution >= 0.6 is 0 Å². The second kappa shape index (κ2) is 11.3. The van der Waals surface area contributed by atoms with E-state index in [1.54, 1.807) is 17.9 Å². The van der Waals surface area contributed by atoms with Crippen LogP contribution in [0, 0.1) is 12.8 Å². The zero-order valence-corrected chi connectivity index (χ0v) is 20.8. The molecule has 8 nitrogen and oxygen atoms in total. The molecule has 0 aliphatic carbocycles. The third-order valence-corrected chi connectivity index (χ3v) is 8.59. The van der Waals surface area contributed by atoms with Crippen molar-refractivity contribution >= 4 is 21.9 Å². The number of carbonyl (C=O) groups excluding carboxylic acids is 2. The van der Waals surface area contributed by atoms with Crippen LogP contribution in [0.15, 0.2) is 53.4 Å². The fourth-order valence-electron chi connectivity index (χ4n) is 4.55. The lowest BCUT2D eigenvalue weighted by Crippen LogP contribution is -2.41. The van der Waals surface area contributed by atoms with Gasteiger partial charge >= 0.3 is 5.97 Å².